The summed E-state index contributed by atoms with van der Waals surface area (Å²) >= 11 is 0. The lowest BCUT2D eigenvalue weighted by Crippen LogP contribution is -2.21. The maximum Gasteiger partial charge on any atom is 0.337 e. The SMILES string of the molecule is CCCCN(c1ccccc1)c1ncc(C(=O)O)cc1N. The Kier molecular flexibility index (Phi) is 4.77. The standard InChI is InChI=1S/C16H19N3O2/c1-2-3-9-19(13-7-5-4-6-8-13)15-14(17)10-12(11-18-15)16(20)21/h4-8,10-11H,2-3,9,17H2,1H3,(H,20,21). The van der Waals surface area contributed by atoms with Crippen LogP contribution >= 0.6 is 0 Å². The summed E-state index contributed by atoms with van der Waals surface area (Å²) in [6, 6.07) is 11.3. The molecule has 0 bridgehead atoms. The van der Waals surface area contributed by atoms with Crippen molar-refractivity contribution in [2.75, 3.05) is 17.2 Å². The van der Waals surface area contributed by atoms with E-state index in [1.54, 1.807) is 0 Å². The van der Waals surface area contributed by atoms with Gasteiger partial charge in [-0.25, -0.2) is 9.78 Å². The summed E-state index contributed by atoms with van der Waals surface area (Å²) in [5, 5.41) is 8.99. The Morgan fingerprint density at radius 3 is 2.62 bits per heavy atom. The molecular formula is C16H19N3O2. The molecule has 0 radical (unpaired) electrons. The van der Waals surface area contributed by atoms with E-state index >= 15 is 0 Å². The third-order valence-electron chi connectivity index (χ3n) is 3.20. The number of hydrogen-bond donors (Lipinski definition) is 2. The molecule has 5 nitrogen and oxygen atoms in total. The van der Waals surface area contributed by atoms with Crippen LogP contribution in [-0.4, -0.2) is 22.6 Å². The van der Waals surface area contributed by atoms with Crippen LogP contribution in [0.5, 0.6) is 0 Å². The van der Waals surface area contributed by atoms with Crippen molar-refractivity contribution in [3.8, 4) is 0 Å². The topological polar surface area (TPSA) is 79.5 Å². The first-order valence-electron chi connectivity index (χ1n) is 6.95. The number of anilines is 3. The quantitative estimate of drug-likeness (QED) is 0.851. The van der Waals surface area contributed by atoms with Gasteiger partial charge < -0.3 is 15.7 Å². The second kappa shape index (κ2) is 6.74. The summed E-state index contributed by atoms with van der Waals surface area (Å²) in [6.07, 6.45) is 3.39. The van der Waals surface area contributed by atoms with Gasteiger partial charge in [-0.2, -0.15) is 0 Å². The number of carboxylic acids is 1. The van der Waals surface area contributed by atoms with Crippen LogP contribution in [0.15, 0.2) is 42.6 Å². The molecule has 0 aliphatic carbocycles. The lowest BCUT2D eigenvalue weighted by atomic mass is 10.2. The molecular weight excluding hydrogens is 266 g/mol. The zero-order valence-corrected chi connectivity index (χ0v) is 12.0. The summed E-state index contributed by atoms with van der Waals surface area (Å²) in [4.78, 5) is 17.2. The van der Waals surface area contributed by atoms with Crippen LogP contribution < -0.4 is 10.6 Å². The van der Waals surface area contributed by atoms with Crippen molar-refractivity contribution in [2.24, 2.45) is 0 Å². The zero-order chi connectivity index (χ0) is 15.2. The Balaban J connectivity index is 2.39. The molecule has 0 amide bonds. The molecule has 21 heavy (non-hydrogen) atoms. The molecule has 0 saturated heterocycles. The average molecular weight is 285 g/mol. The van der Waals surface area contributed by atoms with Gasteiger partial charge in [-0.3, -0.25) is 0 Å². The summed E-state index contributed by atoms with van der Waals surface area (Å²) in [6.45, 7) is 2.90. The smallest absolute Gasteiger partial charge is 0.337 e. The highest BCUT2D eigenvalue weighted by atomic mass is 16.4. The van der Waals surface area contributed by atoms with Crippen molar-refractivity contribution in [2.45, 2.75) is 19.8 Å². The molecule has 2 rings (SSSR count). The molecule has 0 aliphatic heterocycles. The molecule has 0 atom stereocenters. The average Bonchev–Trinajstić information content (AvgIpc) is 2.50. The van der Waals surface area contributed by atoms with Crippen LogP contribution in [0.3, 0.4) is 0 Å². The fourth-order valence-electron chi connectivity index (χ4n) is 2.10. The Labute approximate surface area is 124 Å². The number of carbonyl (C=O) groups is 1. The number of aromatic nitrogens is 1. The molecule has 1 heterocycles. The van der Waals surface area contributed by atoms with Crippen LogP contribution in [0.25, 0.3) is 0 Å². The maximum atomic E-state index is 11.0. The Bertz CT molecular complexity index is 614. The minimum atomic E-state index is -1.03. The minimum absolute atomic E-state index is 0.0970. The molecule has 0 saturated carbocycles. The number of aromatic carboxylic acids is 1. The molecule has 1 aromatic heterocycles. The van der Waals surface area contributed by atoms with E-state index in [0.717, 1.165) is 25.1 Å². The number of rotatable bonds is 6. The number of hydrogen-bond acceptors (Lipinski definition) is 4. The molecule has 2 aromatic rings. The Morgan fingerprint density at radius 2 is 2.05 bits per heavy atom. The van der Waals surface area contributed by atoms with Crippen molar-refractivity contribution in [1.29, 1.82) is 0 Å². The number of carboxylic acid groups (broad SMARTS) is 1. The predicted octanol–water partition coefficient (Wildman–Crippen LogP) is 3.30. The highest BCUT2D eigenvalue weighted by molar-refractivity contribution is 5.89. The van der Waals surface area contributed by atoms with Crippen molar-refractivity contribution in [1.82, 2.24) is 4.98 Å². The highest BCUT2D eigenvalue weighted by Gasteiger charge is 2.15. The van der Waals surface area contributed by atoms with Crippen LogP contribution in [0.1, 0.15) is 30.1 Å². The van der Waals surface area contributed by atoms with E-state index in [0.29, 0.717) is 11.5 Å². The molecule has 0 aliphatic rings. The van der Waals surface area contributed by atoms with Gasteiger partial charge in [0.25, 0.3) is 0 Å². The van der Waals surface area contributed by atoms with Gasteiger partial charge in [0.15, 0.2) is 5.82 Å². The summed E-state index contributed by atoms with van der Waals surface area (Å²) in [5.74, 6) is -0.430. The van der Waals surface area contributed by atoms with Gasteiger partial charge in [0.2, 0.25) is 0 Å². The van der Waals surface area contributed by atoms with Gasteiger partial charge in [-0.1, -0.05) is 31.5 Å². The fourth-order valence-corrected chi connectivity index (χ4v) is 2.10. The van der Waals surface area contributed by atoms with E-state index in [4.69, 9.17) is 10.8 Å². The first-order chi connectivity index (χ1) is 10.1. The van der Waals surface area contributed by atoms with Gasteiger partial charge in [0, 0.05) is 18.4 Å². The second-order valence-electron chi connectivity index (χ2n) is 4.78. The van der Waals surface area contributed by atoms with E-state index in [9.17, 15) is 4.79 Å². The van der Waals surface area contributed by atoms with Gasteiger partial charge in [0.1, 0.15) is 0 Å². The molecule has 0 unspecified atom stereocenters. The van der Waals surface area contributed by atoms with E-state index in [1.165, 1.54) is 12.3 Å². The van der Waals surface area contributed by atoms with Gasteiger partial charge >= 0.3 is 5.97 Å². The van der Waals surface area contributed by atoms with Gasteiger partial charge in [0.05, 0.1) is 11.3 Å². The number of nitrogen functional groups attached to an aromatic ring is 1. The number of nitrogens with two attached hydrogens (primary N) is 1. The summed E-state index contributed by atoms with van der Waals surface area (Å²) < 4.78 is 0. The minimum Gasteiger partial charge on any atom is -0.478 e. The van der Waals surface area contributed by atoms with E-state index in [1.807, 2.05) is 35.2 Å². The second-order valence-corrected chi connectivity index (χ2v) is 4.78. The van der Waals surface area contributed by atoms with Crippen LogP contribution in [-0.2, 0) is 0 Å². The van der Waals surface area contributed by atoms with Crippen LogP contribution in [0, 0.1) is 0 Å². The zero-order valence-electron chi connectivity index (χ0n) is 12.0. The number of benzene rings is 1. The lowest BCUT2D eigenvalue weighted by Gasteiger charge is -2.25. The van der Waals surface area contributed by atoms with Gasteiger partial charge in [-0.05, 0) is 24.6 Å². The van der Waals surface area contributed by atoms with Crippen molar-refractivity contribution in [3.05, 3.63) is 48.2 Å². The fraction of sp³-hybridized carbons (Fsp3) is 0.250. The van der Waals surface area contributed by atoms with E-state index in [-0.39, 0.29) is 5.56 Å². The van der Waals surface area contributed by atoms with E-state index in [2.05, 4.69) is 11.9 Å². The van der Waals surface area contributed by atoms with Crippen LogP contribution in [0.4, 0.5) is 17.2 Å². The van der Waals surface area contributed by atoms with Crippen molar-refractivity contribution in [3.63, 3.8) is 0 Å². The molecule has 0 spiro atoms. The Morgan fingerprint density at radius 1 is 1.33 bits per heavy atom. The molecule has 5 heteroatoms. The van der Waals surface area contributed by atoms with E-state index < -0.39 is 5.97 Å². The third-order valence-corrected chi connectivity index (χ3v) is 3.20. The normalized spacial score (nSPS) is 10.3. The highest BCUT2D eigenvalue weighted by Crippen LogP contribution is 2.29. The summed E-state index contributed by atoms with van der Waals surface area (Å²) in [5.41, 5.74) is 7.46. The lowest BCUT2D eigenvalue weighted by molar-refractivity contribution is 0.0696. The number of para-hydroxylation sites is 1. The Hall–Kier alpha value is -2.56. The molecule has 110 valence electrons. The third kappa shape index (κ3) is 3.51. The van der Waals surface area contributed by atoms with Gasteiger partial charge in [-0.15, -0.1) is 0 Å². The first kappa shape index (κ1) is 14.8. The number of pyridine rings is 1. The number of nitrogens with zero attached hydrogens (tertiary/aromatic N) is 2. The van der Waals surface area contributed by atoms with Crippen molar-refractivity contribution < 1.29 is 9.90 Å². The predicted molar refractivity (Wildman–Crippen MR) is 84.0 cm³/mol. The van der Waals surface area contributed by atoms with Crippen molar-refractivity contribution >= 4 is 23.2 Å². The van der Waals surface area contributed by atoms with Crippen LogP contribution in [0.2, 0.25) is 0 Å². The maximum absolute atomic E-state index is 11.0. The monoisotopic (exact) mass is 285 g/mol. The number of unbranched alkanes of at least 4 members (excludes halogenated alkanes) is 1. The molecule has 1 aromatic carbocycles. The molecule has 0 fully saturated rings. The first-order valence-corrected chi connectivity index (χ1v) is 6.95. The molecule has 3 N–H and O–H groups in total. The largest absolute Gasteiger partial charge is 0.478 e. The summed E-state index contributed by atoms with van der Waals surface area (Å²) in [7, 11) is 0.